The summed E-state index contributed by atoms with van der Waals surface area (Å²) < 4.78 is 43.5. The zero-order chi connectivity index (χ0) is 23.3. The van der Waals surface area contributed by atoms with Gasteiger partial charge in [-0.2, -0.15) is 23.4 Å². The first-order valence-electron chi connectivity index (χ1n) is 8.81. The van der Waals surface area contributed by atoms with Gasteiger partial charge < -0.3 is 30.9 Å². The number of benzene rings is 1. The van der Waals surface area contributed by atoms with Crippen molar-refractivity contribution in [2.24, 2.45) is 0 Å². The van der Waals surface area contributed by atoms with Gasteiger partial charge in [0.2, 0.25) is 5.88 Å². The average Bonchev–Trinajstić information content (AvgIpc) is 2.67. The fourth-order valence-electron chi connectivity index (χ4n) is 2.56. The number of nitriles is 1. The highest BCUT2D eigenvalue weighted by Crippen LogP contribution is 2.44. The van der Waals surface area contributed by atoms with Crippen LogP contribution in [0.2, 0.25) is 0 Å². The van der Waals surface area contributed by atoms with Gasteiger partial charge in [-0.05, 0) is 20.2 Å². The van der Waals surface area contributed by atoms with E-state index >= 15 is 0 Å². The number of nitrogens with two attached hydrogens (primary N) is 2. The van der Waals surface area contributed by atoms with Crippen molar-refractivity contribution in [3.63, 3.8) is 0 Å². The van der Waals surface area contributed by atoms with Crippen molar-refractivity contribution in [3.05, 3.63) is 34.9 Å². The number of carboxylic acid groups (broad SMARTS) is 1. The molecule has 0 amide bonds. The summed E-state index contributed by atoms with van der Waals surface area (Å²) in [5.74, 6) is -1.07. The van der Waals surface area contributed by atoms with Crippen LogP contribution in [0.1, 0.15) is 16.7 Å². The van der Waals surface area contributed by atoms with Crippen LogP contribution in [0.3, 0.4) is 0 Å². The Labute approximate surface area is 175 Å². The number of nitrogen functional groups attached to an aromatic ring is 2. The van der Waals surface area contributed by atoms with Crippen molar-refractivity contribution in [2.75, 3.05) is 38.7 Å². The van der Waals surface area contributed by atoms with E-state index in [0.717, 1.165) is 12.1 Å². The molecule has 0 atom stereocenters. The minimum absolute atomic E-state index is 0.0724. The van der Waals surface area contributed by atoms with E-state index < -0.39 is 12.1 Å². The van der Waals surface area contributed by atoms with Gasteiger partial charge in [0.05, 0.1) is 5.69 Å². The van der Waals surface area contributed by atoms with Crippen molar-refractivity contribution >= 4 is 17.5 Å². The number of ether oxygens (including phenoxy) is 2. The first kappa shape index (κ1) is 23.6. The molecule has 0 radical (unpaired) electrons. The van der Waals surface area contributed by atoms with E-state index in [2.05, 4.69) is 4.98 Å². The Morgan fingerprint density at radius 1 is 1.39 bits per heavy atom. The highest BCUT2D eigenvalue weighted by Gasteiger charge is 2.38. The lowest BCUT2D eigenvalue weighted by molar-refractivity contribution is -0.192. The number of para-hydroxylation sites is 1. The third kappa shape index (κ3) is 5.67. The predicted molar refractivity (Wildman–Crippen MR) is 105 cm³/mol. The molecule has 1 aromatic carbocycles. The molecule has 0 aliphatic carbocycles. The number of nitrogens with zero attached hydrogens (tertiary/aromatic N) is 3. The number of pyridine rings is 1. The monoisotopic (exact) mass is 439 g/mol. The Hall–Kier alpha value is -3.72. The summed E-state index contributed by atoms with van der Waals surface area (Å²) in [4.78, 5) is 15.1. The Bertz CT molecular complexity index is 1020. The van der Waals surface area contributed by atoms with Crippen LogP contribution < -0.4 is 20.9 Å². The topological polar surface area (TPSA) is 148 Å². The van der Waals surface area contributed by atoms with Crippen molar-refractivity contribution in [2.45, 2.75) is 12.6 Å². The third-order valence-corrected chi connectivity index (χ3v) is 4.11. The maximum Gasteiger partial charge on any atom is 0.490 e. The van der Waals surface area contributed by atoms with Crippen LogP contribution in [0.15, 0.2) is 18.2 Å². The van der Waals surface area contributed by atoms with E-state index in [9.17, 15) is 13.2 Å². The smallest absolute Gasteiger partial charge is 0.488 e. The summed E-state index contributed by atoms with van der Waals surface area (Å²) in [7, 11) is 3.97. The molecule has 31 heavy (non-hydrogen) atoms. The van der Waals surface area contributed by atoms with Crippen LogP contribution in [0.25, 0.3) is 0 Å². The lowest BCUT2D eigenvalue weighted by Gasteiger charge is -2.23. The summed E-state index contributed by atoms with van der Waals surface area (Å²) in [5, 5.41) is 16.3. The second-order valence-electron chi connectivity index (χ2n) is 6.66. The molecule has 2 aromatic rings. The quantitative estimate of drug-likeness (QED) is 0.557. The minimum Gasteiger partial charge on any atom is -0.488 e. The van der Waals surface area contributed by atoms with Crippen molar-refractivity contribution in [1.82, 2.24) is 9.88 Å². The van der Waals surface area contributed by atoms with Gasteiger partial charge in [-0.15, -0.1) is 0 Å². The molecule has 0 fully saturated rings. The van der Waals surface area contributed by atoms with Crippen LogP contribution in [0, 0.1) is 11.3 Å². The largest absolute Gasteiger partial charge is 0.490 e. The van der Waals surface area contributed by atoms with Crippen LogP contribution >= 0.6 is 0 Å². The van der Waals surface area contributed by atoms with Gasteiger partial charge in [0.25, 0.3) is 0 Å². The number of likely N-dealkylation sites (N-methyl/N-ethyl adjacent to an activating group) is 1. The standard InChI is InChI=1S/C17H19N5O2.C2HF3O2/c1-22(2)6-7-23-13-5-3-4-10-8-11-14(19)12(9-18)16(20)21-17(11)24-15(10)13;3-2(4,5)1(6)7/h3-5H,6-8H2,1-2H3,(H4,19,20,21);(H,6,7). The van der Waals surface area contributed by atoms with Gasteiger partial charge in [0.1, 0.15) is 24.1 Å². The summed E-state index contributed by atoms with van der Waals surface area (Å²) >= 11 is 0. The van der Waals surface area contributed by atoms with Crippen molar-refractivity contribution in [3.8, 4) is 23.4 Å². The number of fused-ring (bicyclic) bond motifs is 2. The average molecular weight is 439 g/mol. The molecule has 5 N–H and O–H groups in total. The van der Waals surface area contributed by atoms with Gasteiger partial charge in [-0.25, -0.2) is 4.79 Å². The number of anilines is 2. The number of carboxylic acids is 1. The molecule has 3 rings (SSSR count). The number of alkyl halides is 3. The van der Waals surface area contributed by atoms with Gasteiger partial charge in [-0.3, -0.25) is 0 Å². The molecule has 2 heterocycles. The molecule has 0 unspecified atom stereocenters. The van der Waals surface area contributed by atoms with Crippen LogP contribution in [0.5, 0.6) is 17.4 Å². The highest BCUT2D eigenvalue weighted by molar-refractivity contribution is 5.73. The fourth-order valence-corrected chi connectivity index (χ4v) is 2.56. The van der Waals surface area contributed by atoms with Gasteiger partial charge in [-0.1, -0.05) is 12.1 Å². The minimum atomic E-state index is -5.08. The third-order valence-electron chi connectivity index (χ3n) is 4.11. The zero-order valence-corrected chi connectivity index (χ0v) is 16.7. The molecule has 0 bridgehead atoms. The fraction of sp³-hybridized carbons (Fsp3) is 0.316. The molecule has 1 aliphatic rings. The number of carbonyl (C=O) groups is 1. The van der Waals surface area contributed by atoms with Crippen molar-refractivity contribution in [1.29, 1.82) is 5.26 Å². The summed E-state index contributed by atoms with van der Waals surface area (Å²) in [5.41, 5.74) is 14.0. The molecule has 12 heteroatoms. The molecule has 0 spiro atoms. The summed E-state index contributed by atoms with van der Waals surface area (Å²) in [6.45, 7) is 1.34. The number of aliphatic carboxylic acids is 1. The van der Waals surface area contributed by atoms with Crippen LogP contribution in [-0.2, 0) is 11.2 Å². The van der Waals surface area contributed by atoms with E-state index in [-0.39, 0.29) is 11.4 Å². The first-order chi connectivity index (χ1) is 14.5. The van der Waals surface area contributed by atoms with Gasteiger partial charge in [0.15, 0.2) is 11.5 Å². The molecule has 0 saturated carbocycles. The van der Waals surface area contributed by atoms with Gasteiger partial charge in [0, 0.05) is 24.1 Å². The number of halogens is 3. The number of hydrogen-bond acceptors (Lipinski definition) is 8. The SMILES string of the molecule is CN(C)CCOc1cccc2c1Oc1nc(N)c(C#N)c(N)c1C2.O=C(O)C(F)(F)F. The van der Waals surface area contributed by atoms with E-state index in [1.54, 1.807) is 0 Å². The van der Waals surface area contributed by atoms with E-state index in [4.69, 9.17) is 36.1 Å². The van der Waals surface area contributed by atoms with Crippen LogP contribution in [-0.4, -0.2) is 54.4 Å². The molecule has 0 saturated heterocycles. The van der Waals surface area contributed by atoms with Gasteiger partial charge >= 0.3 is 12.1 Å². The Morgan fingerprint density at radius 2 is 2.03 bits per heavy atom. The number of rotatable bonds is 4. The first-order valence-corrected chi connectivity index (χ1v) is 8.81. The predicted octanol–water partition coefficient (Wildman–Crippen LogP) is 2.39. The Morgan fingerprint density at radius 3 is 2.58 bits per heavy atom. The molecule has 9 nitrogen and oxygen atoms in total. The second-order valence-corrected chi connectivity index (χ2v) is 6.66. The second kappa shape index (κ2) is 9.40. The highest BCUT2D eigenvalue weighted by atomic mass is 19.4. The van der Waals surface area contributed by atoms with E-state index in [1.165, 1.54) is 0 Å². The number of hydrogen-bond donors (Lipinski definition) is 3. The number of aromatic nitrogens is 1. The molecule has 1 aromatic heterocycles. The maximum atomic E-state index is 10.6. The Balaban J connectivity index is 0.000000423. The molecular formula is C19H20F3N5O4. The van der Waals surface area contributed by atoms with E-state index in [1.807, 2.05) is 43.3 Å². The zero-order valence-electron chi connectivity index (χ0n) is 16.7. The summed E-state index contributed by atoms with van der Waals surface area (Å²) in [6, 6.07) is 7.70. The lowest BCUT2D eigenvalue weighted by atomic mass is 9.99. The van der Waals surface area contributed by atoms with Crippen molar-refractivity contribution < 1.29 is 32.5 Å². The molecule has 166 valence electrons. The van der Waals surface area contributed by atoms with E-state index in [0.29, 0.717) is 41.7 Å². The molecule has 1 aliphatic heterocycles. The lowest BCUT2D eigenvalue weighted by Crippen LogP contribution is -2.21. The maximum absolute atomic E-state index is 10.6. The Kier molecular flexibility index (Phi) is 7.14. The summed E-state index contributed by atoms with van der Waals surface area (Å²) in [6.07, 6.45) is -4.57. The normalized spacial score (nSPS) is 11.9. The molecular weight excluding hydrogens is 419 g/mol. The van der Waals surface area contributed by atoms with Crippen LogP contribution in [0.4, 0.5) is 24.7 Å².